The van der Waals surface area contributed by atoms with E-state index in [0.29, 0.717) is 48.4 Å². The molecule has 1 spiro atoms. The highest BCUT2D eigenvalue weighted by molar-refractivity contribution is 9.10. The van der Waals surface area contributed by atoms with Gasteiger partial charge in [0.25, 0.3) is 11.8 Å². The van der Waals surface area contributed by atoms with Crippen molar-refractivity contribution in [2.45, 2.75) is 31.0 Å². The number of aliphatic imine (C=N–C) groups is 1. The number of aliphatic hydroxyl groups is 1. The number of methoxy groups -OCH3 is 1. The zero-order valence-electron chi connectivity index (χ0n) is 25.5. The summed E-state index contributed by atoms with van der Waals surface area (Å²) in [6, 6.07) is 30.3. The summed E-state index contributed by atoms with van der Waals surface area (Å²) in [7, 11) is 1.61. The number of nitrogens with zero attached hydrogens (tertiary/aromatic N) is 4. The van der Waals surface area contributed by atoms with Crippen LogP contribution in [0.2, 0.25) is 0 Å². The number of fused-ring (bicyclic) bond motifs is 1. The summed E-state index contributed by atoms with van der Waals surface area (Å²) in [5.41, 5.74) is 2.66. The number of rotatable bonds is 10. The lowest BCUT2D eigenvalue weighted by molar-refractivity contribution is -0.127. The Morgan fingerprint density at radius 1 is 0.957 bits per heavy atom. The molecule has 0 saturated heterocycles. The lowest BCUT2D eigenvalue weighted by atomic mass is 9.78. The summed E-state index contributed by atoms with van der Waals surface area (Å²) in [6.45, 7) is 0.545. The lowest BCUT2D eigenvalue weighted by Gasteiger charge is -2.40. The summed E-state index contributed by atoms with van der Waals surface area (Å²) < 4.78 is 24.0. The number of aromatic nitrogens is 2. The van der Waals surface area contributed by atoms with Gasteiger partial charge >= 0.3 is 0 Å². The SMILES string of the molecule is COc1ccc(-c2nc(CN3C(=O)[C@]4(Cc5ccccc53)N=C(c3ccc(OCCCO)cc3)O[C@@H]4c3ccccc3Br)no2)cc1. The van der Waals surface area contributed by atoms with Gasteiger partial charge in [-0.3, -0.25) is 4.79 Å². The van der Waals surface area contributed by atoms with Crippen molar-refractivity contribution in [3.8, 4) is 23.0 Å². The van der Waals surface area contributed by atoms with Gasteiger partial charge in [-0.05, 0) is 66.2 Å². The number of para-hydroxylation sites is 1. The molecule has 238 valence electrons. The molecule has 1 amide bonds. The topological polar surface area (TPSA) is 120 Å². The van der Waals surface area contributed by atoms with Crippen LogP contribution in [0.4, 0.5) is 5.69 Å². The number of benzene rings is 4. The Hall–Kier alpha value is -5.00. The van der Waals surface area contributed by atoms with Gasteiger partial charge in [-0.15, -0.1) is 0 Å². The Morgan fingerprint density at radius 3 is 2.45 bits per heavy atom. The predicted octanol–water partition coefficient (Wildman–Crippen LogP) is 6.32. The molecule has 3 heterocycles. The molecular formula is C36H31BrN4O6. The molecule has 0 saturated carbocycles. The molecule has 0 aliphatic carbocycles. The third kappa shape index (κ3) is 5.88. The van der Waals surface area contributed by atoms with Crippen LogP contribution < -0.4 is 14.4 Å². The number of aliphatic hydroxyl groups excluding tert-OH is 1. The van der Waals surface area contributed by atoms with Crippen LogP contribution in [-0.2, 0) is 22.5 Å². The summed E-state index contributed by atoms with van der Waals surface area (Å²) in [6.07, 6.45) is 0.150. The molecule has 5 aromatic rings. The maximum Gasteiger partial charge on any atom is 0.260 e. The zero-order chi connectivity index (χ0) is 32.4. The molecule has 7 rings (SSSR count). The molecule has 0 fully saturated rings. The van der Waals surface area contributed by atoms with Crippen molar-refractivity contribution < 1.29 is 28.6 Å². The largest absolute Gasteiger partial charge is 0.497 e. The van der Waals surface area contributed by atoms with E-state index in [4.69, 9.17) is 28.8 Å². The first-order valence-corrected chi connectivity index (χ1v) is 16.0. The second-order valence-electron chi connectivity index (χ2n) is 11.3. The van der Waals surface area contributed by atoms with Gasteiger partial charge in [0.15, 0.2) is 17.5 Å². The number of anilines is 1. The second-order valence-corrected chi connectivity index (χ2v) is 12.1. The normalized spacial score (nSPS) is 18.5. The van der Waals surface area contributed by atoms with Crippen LogP contribution in [0.1, 0.15) is 35.0 Å². The van der Waals surface area contributed by atoms with E-state index in [-0.39, 0.29) is 19.1 Å². The van der Waals surface area contributed by atoms with Crippen molar-refractivity contribution in [1.29, 1.82) is 0 Å². The first-order chi connectivity index (χ1) is 23.0. The summed E-state index contributed by atoms with van der Waals surface area (Å²) in [4.78, 5) is 26.4. The minimum absolute atomic E-state index is 0.0615. The van der Waals surface area contributed by atoms with Gasteiger partial charge in [0.1, 0.15) is 11.5 Å². The number of amides is 1. The molecule has 4 aromatic carbocycles. The van der Waals surface area contributed by atoms with Crippen molar-refractivity contribution >= 4 is 33.4 Å². The molecule has 0 radical (unpaired) electrons. The van der Waals surface area contributed by atoms with Crippen molar-refractivity contribution in [2.75, 3.05) is 25.2 Å². The third-order valence-electron chi connectivity index (χ3n) is 8.29. The molecule has 2 aliphatic rings. The van der Waals surface area contributed by atoms with Crippen molar-refractivity contribution in [3.63, 3.8) is 0 Å². The Morgan fingerprint density at radius 2 is 1.68 bits per heavy atom. The lowest BCUT2D eigenvalue weighted by Crippen LogP contribution is -2.55. The van der Waals surface area contributed by atoms with Crippen LogP contribution in [0, 0.1) is 0 Å². The number of ether oxygens (including phenoxy) is 3. The predicted molar refractivity (Wildman–Crippen MR) is 178 cm³/mol. The Kier molecular flexibility index (Phi) is 8.48. The van der Waals surface area contributed by atoms with E-state index in [2.05, 4.69) is 26.1 Å². The molecule has 2 atom stereocenters. The molecule has 47 heavy (non-hydrogen) atoms. The number of halogens is 1. The number of carbonyl (C=O) groups is 1. The monoisotopic (exact) mass is 694 g/mol. The van der Waals surface area contributed by atoms with E-state index in [1.54, 1.807) is 12.0 Å². The van der Waals surface area contributed by atoms with E-state index in [1.165, 1.54) is 0 Å². The van der Waals surface area contributed by atoms with E-state index >= 15 is 0 Å². The summed E-state index contributed by atoms with van der Waals surface area (Å²) in [5, 5.41) is 13.3. The Bertz CT molecular complexity index is 1930. The standard InChI is InChI=1S/C36H31BrN4O6/c1-44-26-15-11-23(12-16-26)33-38-31(40-47-33)22-41-30-10-5-2-7-25(30)21-36(35(41)43)32(28-8-3-4-9-29(28)37)46-34(39-36)24-13-17-27(18-14-24)45-20-6-19-42/h2-5,7-18,32,42H,6,19-22H2,1H3/t32-,36-/m1/s1. The molecule has 11 heteroatoms. The highest BCUT2D eigenvalue weighted by Gasteiger charge is 2.58. The van der Waals surface area contributed by atoms with Crippen LogP contribution >= 0.6 is 15.9 Å². The number of hydrogen-bond donors (Lipinski definition) is 1. The molecule has 10 nitrogen and oxygen atoms in total. The molecule has 2 aliphatic heterocycles. The Balaban J connectivity index is 1.27. The van der Waals surface area contributed by atoms with Gasteiger partial charge in [0.05, 0.1) is 20.3 Å². The molecular weight excluding hydrogens is 664 g/mol. The summed E-state index contributed by atoms with van der Waals surface area (Å²) >= 11 is 3.70. The minimum Gasteiger partial charge on any atom is -0.497 e. The fourth-order valence-electron chi connectivity index (χ4n) is 5.96. The summed E-state index contributed by atoms with van der Waals surface area (Å²) in [5.74, 6) is 2.21. The van der Waals surface area contributed by atoms with Crippen molar-refractivity contribution in [1.82, 2.24) is 10.1 Å². The molecule has 1 N–H and O–H groups in total. The van der Waals surface area contributed by atoms with Gasteiger partial charge < -0.3 is 28.7 Å². The smallest absolute Gasteiger partial charge is 0.260 e. The first kappa shape index (κ1) is 30.6. The maximum absolute atomic E-state index is 14.9. The van der Waals surface area contributed by atoms with Crippen LogP contribution in [0.3, 0.4) is 0 Å². The van der Waals surface area contributed by atoms with Crippen LogP contribution in [0.5, 0.6) is 11.5 Å². The van der Waals surface area contributed by atoms with E-state index < -0.39 is 11.6 Å². The zero-order valence-corrected chi connectivity index (χ0v) is 27.1. The van der Waals surface area contributed by atoms with Gasteiger partial charge in [-0.1, -0.05) is 57.5 Å². The second kappa shape index (κ2) is 13.0. The molecule has 0 unspecified atom stereocenters. The average molecular weight is 696 g/mol. The maximum atomic E-state index is 14.9. The third-order valence-corrected chi connectivity index (χ3v) is 9.01. The fourth-order valence-corrected chi connectivity index (χ4v) is 6.45. The number of carbonyl (C=O) groups excluding carboxylic acids is 1. The van der Waals surface area contributed by atoms with Crippen LogP contribution in [0.15, 0.2) is 111 Å². The van der Waals surface area contributed by atoms with E-state index in [0.717, 1.165) is 32.6 Å². The number of hydrogen-bond acceptors (Lipinski definition) is 9. The molecule has 1 aromatic heterocycles. The van der Waals surface area contributed by atoms with Gasteiger partial charge in [0, 0.05) is 46.3 Å². The fraction of sp³-hybridized carbons (Fsp3) is 0.222. The van der Waals surface area contributed by atoms with Gasteiger partial charge in [-0.2, -0.15) is 4.98 Å². The average Bonchev–Trinajstić information content (AvgIpc) is 3.73. The van der Waals surface area contributed by atoms with E-state index in [9.17, 15) is 4.79 Å². The van der Waals surface area contributed by atoms with Gasteiger partial charge in [0.2, 0.25) is 5.90 Å². The van der Waals surface area contributed by atoms with Crippen molar-refractivity contribution in [3.05, 3.63) is 124 Å². The molecule has 0 bridgehead atoms. The van der Waals surface area contributed by atoms with E-state index in [1.807, 2.05) is 97.1 Å². The highest BCUT2D eigenvalue weighted by Crippen LogP contribution is 2.49. The minimum atomic E-state index is -1.31. The quantitative estimate of drug-likeness (QED) is 0.169. The Labute approximate surface area is 279 Å². The highest BCUT2D eigenvalue weighted by atomic mass is 79.9. The van der Waals surface area contributed by atoms with Gasteiger partial charge in [-0.25, -0.2) is 4.99 Å². The first-order valence-electron chi connectivity index (χ1n) is 15.2. The van der Waals surface area contributed by atoms with Crippen LogP contribution in [-0.4, -0.2) is 52.9 Å². The van der Waals surface area contributed by atoms with Crippen molar-refractivity contribution in [2.24, 2.45) is 4.99 Å². The van der Waals surface area contributed by atoms with Crippen LogP contribution in [0.25, 0.3) is 11.5 Å².